The molecule has 6 heteroatoms. The number of hydrogen-bond donors (Lipinski definition) is 0. The first-order chi connectivity index (χ1) is 10.8. The molecule has 5 nitrogen and oxygen atoms in total. The molecule has 0 saturated carbocycles. The number of benzene rings is 1. The molecule has 1 amide bonds. The molecule has 0 aliphatic carbocycles. The summed E-state index contributed by atoms with van der Waals surface area (Å²) in [5.41, 5.74) is 1.48. The lowest BCUT2D eigenvalue weighted by atomic mass is 10.0. The summed E-state index contributed by atoms with van der Waals surface area (Å²) in [5, 5.41) is 5.43. The average Bonchev–Trinajstić information content (AvgIpc) is 2.97. The van der Waals surface area contributed by atoms with Gasteiger partial charge in [-0.3, -0.25) is 4.79 Å². The molecule has 0 unspecified atom stereocenters. The molecular formula is C16H18N2O3S. The fourth-order valence-electron chi connectivity index (χ4n) is 3.30. The first-order valence-corrected chi connectivity index (χ1v) is 8.70. The highest BCUT2D eigenvalue weighted by Gasteiger charge is 2.37. The molecule has 1 aromatic heterocycles. The van der Waals surface area contributed by atoms with Crippen molar-refractivity contribution in [3.8, 4) is 0 Å². The number of ether oxygens (including phenoxy) is 1. The van der Waals surface area contributed by atoms with Crippen molar-refractivity contribution in [1.82, 2.24) is 10.1 Å². The van der Waals surface area contributed by atoms with Crippen LogP contribution in [0.15, 0.2) is 28.8 Å². The Labute approximate surface area is 133 Å². The van der Waals surface area contributed by atoms with E-state index in [0.29, 0.717) is 17.7 Å². The molecule has 2 fully saturated rings. The van der Waals surface area contributed by atoms with Crippen LogP contribution >= 0.6 is 11.8 Å². The maximum absolute atomic E-state index is 12.8. The van der Waals surface area contributed by atoms with Crippen LogP contribution in [0.1, 0.15) is 12.1 Å². The van der Waals surface area contributed by atoms with Crippen LogP contribution in [0.3, 0.4) is 0 Å². The van der Waals surface area contributed by atoms with Crippen molar-refractivity contribution in [3.63, 3.8) is 0 Å². The van der Waals surface area contributed by atoms with E-state index in [1.54, 1.807) is 0 Å². The zero-order chi connectivity index (χ0) is 14.9. The van der Waals surface area contributed by atoms with E-state index in [-0.39, 0.29) is 5.91 Å². The van der Waals surface area contributed by atoms with E-state index in [2.05, 4.69) is 5.16 Å². The highest BCUT2D eigenvalue weighted by Crippen LogP contribution is 2.31. The predicted octanol–water partition coefficient (Wildman–Crippen LogP) is 2.10. The van der Waals surface area contributed by atoms with Gasteiger partial charge < -0.3 is 14.2 Å². The van der Waals surface area contributed by atoms with Crippen LogP contribution in [-0.4, -0.2) is 52.8 Å². The Hall–Kier alpha value is -1.53. The van der Waals surface area contributed by atoms with Gasteiger partial charge in [0.1, 0.15) is 5.69 Å². The van der Waals surface area contributed by atoms with Crippen molar-refractivity contribution in [2.24, 2.45) is 0 Å². The van der Waals surface area contributed by atoms with Gasteiger partial charge in [0.05, 0.1) is 13.0 Å². The van der Waals surface area contributed by atoms with Crippen LogP contribution in [-0.2, 0) is 16.0 Å². The number of rotatable bonds is 2. The van der Waals surface area contributed by atoms with E-state index in [4.69, 9.17) is 9.26 Å². The molecule has 1 aromatic carbocycles. The lowest BCUT2D eigenvalue weighted by Gasteiger charge is -2.43. The second kappa shape index (κ2) is 5.93. The van der Waals surface area contributed by atoms with E-state index in [9.17, 15) is 4.79 Å². The van der Waals surface area contributed by atoms with Gasteiger partial charge >= 0.3 is 0 Å². The lowest BCUT2D eigenvalue weighted by Crippen LogP contribution is -2.54. The lowest BCUT2D eigenvalue weighted by molar-refractivity contribution is -0.134. The molecule has 2 aliphatic rings. The topological polar surface area (TPSA) is 55.6 Å². The predicted molar refractivity (Wildman–Crippen MR) is 84.9 cm³/mol. The van der Waals surface area contributed by atoms with E-state index in [1.165, 1.54) is 0 Å². The maximum atomic E-state index is 12.8. The SMILES string of the molecule is O=C(Cc1noc2ccccc12)N1CCS[C@@H]2COCC[C@@H]21. The van der Waals surface area contributed by atoms with E-state index in [0.717, 1.165) is 48.6 Å². The molecule has 116 valence electrons. The summed E-state index contributed by atoms with van der Waals surface area (Å²) >= 11 is 1.93. The van der Waals surface area contributed by atoms with Crippen LogP contribution in [0.5, 0.6) is 0 Å². The normalized spacial score (nSPS) is 25.2. The third kappa shape index (κ3) is 2.50. The minimum atomic E-state index is 0.149. The van der Waals surface area contributed by atoms with Gasteiger partial charge in [0.2, 0.25) is 5.91 Å². The summed E-state index contributed by atoms with van der Waals surface area (Å²) in [6, 6.07) is 7.99. The number of para-hydroxylation sites is 1. The smallest absolute Gasteiger partial charge is 0.229 e. The molecule has 2 aliphatic heterocycles. The first kappa shape index (κ1) is 14.1. The maximum Gasteiger partial charge on any atom is 0.229 e. The van der Waals surface area contributed by atoms with Gasteiger partial charge in [0.15, 0.2) is 5.58 Å². The van der Waals surface area contributed by atoms with Gasteiger partial charge in [-0.2, -0.15) is 11.8 Å². The summed E-state index contributed by atoms with van der Waals surface area (Å²) in [7, 11) is 0. The van der Waals surface area contributed by atoms with Crippen molar-refractivity contribution in [2.45, 2.75) is 24.1 Å². The Morgan fingerprint density at radius 1 is 1.41 bits per heavy atom. The first-order valence-electron chi connectivity index (χ1n) is 7.65. The Kier molecular flexibility index (Phi) is 3.80. The van der Waals surface area contributed by atoms with Gasteiger partial charge in [-0.05, 0) is 18.6 Å². The summed E-state index contributed by atoms with van der Waals surface area (Å²) in [6.45, 7) is 2.32. The van der Waals surface area contributed by atoms with Gasteiger partial charge in [-0.1, -0.05) is 17.3 Å². The van der Waals surface area contributed by atoms with Crippen LogP contribution in [0.2, 0.25) is 0 Å². The number of carbonyl (C=O) groups excluding carboxylic acids is 1. The zero-order valence-electron chi connectivity index (χ0n) is 12.2. The van der Waals surface area contributed by atoms with Crippen molar-refractivity contribution < 1.29 is 14.1 Å². The molecule has 2 saturated heterocycles. The highest BCUT2D eigenvalue weighted by atomic mass is 32.2. The van der Waals surface area contributed by atoms with Gasteiger partial charge in [-0.25, -0.2) is 0 Å². The number of aromatic nitrogens is 1. The molecular weight excluding hydrogens is 300 g/mol. The average molecular weight is 318 g/mol. The largest absolute Gasteiger partial charge is 0.380 e. The monoisotopic (exact) mass is 318 g/mol. The fourth-order valence-corrected chi connectivity index (χ4v) is 4.61. The van der Waals surface area contributed by atoms with Crippen molar-refractivity contribution in [1.29, 1.82) is 0 Å². The summed E-state index contributed by atoms with van der Waals surface area (Å²) < 4.78 is 10.8. The number of nitrogens with zero attached hydrogens (tertiary/aromatic N) is 2. The second-order valence-corrected chi connectivity index (χ2v) is 7.08. The van der Waals surface area contributed by atoms with Crippen molar-refractivity contribution >= 4 is 28.6 Å². The van der Waals surface area contributed by atoms with Gasteiger partial charge in [0, 0.05) is 35.6 Å². The molecule has 0 N–H and O–H groups in total. The number of amides is 1. The molecule has 0 radical (unpaired) electrons. The third-order valence-electron chi connectivity index (χ3n) is 4.42. The molecule has 0 spiro atoms. The zero-order valence-corrected chi connectivity index (χ0v) is 13.1. The molecule has 0 bridgehead atoms. The van der Waals surface area contributed by atoms with E-state index >= 15 is 0 Å². The molecule has 2 atom stereocenters. The van der Waals surface area contributed by atoms with Crippen LogP contribution in [0.4, 0.5) is 0 Å². The summed E-state index contributed by atoms with van der Waals surface area (Å²) in [5.74, 6) is 1.13. The number of fused-ring (bicyclic) bond motifs is 2. The standard InChI is InChI=1S/C16H18N2O3S/c19-16(9-12-11-3-1-2-4-14(11)21-17-12)18-6-8-22-15-10-20-7-5-13(15)18/h1-4,13,15H,5-10H2/t13-,15+/m0/s1. The third-order valence-corrected chi connectivity index (χ3v) is 5.72. The van der Waals surface area contributed by atoms with Crippen molar-refractivity contribution in [2.75, 3.05) is 25.5 Å². The Balaban J connectivity index is 1.53. The number of hydrogen-bond acceptors (Lipinski definition) is 5. The summed E-state index contributed by atoms with van der Waals surface area (Å²) in [6.07, 6.45) is 1.24. The second-order valence-electron chi connectivity index (χ2n) is 5.73. The molecule has 4 rings (SSSR count). The Bertz CT molecular complexity index is 685. The minimum absolute atomic E-state index is 0.149. The minimum Gasteiger partial charge on any atom is -0.380 e. The van der Waals surface area contributed by atoms with Gasteiger partial charge in [0.25, 0.3) is 0 Å². The molecule has 3 heterocycles. The van der Waals surface area contributed by atoms with Crippen LogP contribution in [0, 0.1) is 0 Å². The quantitative estimate of drug-likeness (QED) is 0.849. The van der Waals surface area contributed by atoms with Gasteiger partial charge in [-0.15, -0.1) is 0 Å². The number of thioether (sulfide) groups is 1. The van der Waals surface area contributed by atoms with Crippen molar-refractivity contribution in [3.05, 3.63) is 30.0 Å². The molecule has 22 heavy (non-hydrogen) atoms. The Morgan fingerprint density at radius 2 is 2.32 bits per heavy atom. The highest BCUT2D eigenvalue weighted by molar-refractivity contribution is 8.00. The fraction of sp³-hybridized carbons (Fsp3) is 0.500. The number of carbonyl (C=O) groups is 1. The van der Waals surface area contributed by atoms with E-state index < -0.39 is 0 Å². The van der Waals surface area contributed by atoms with E-state index in [1.807, 2.05) is 40.9 Å². The van der Waals surface area contributed by atoms with Crippen LogP contribution < -0.4 is 0 Å². The summed E-state index contributed by atoms with van der Waals surface area (Å²) in [4.78, 5) is 14.8. The van der Waals surface area contributed by atoms with Crippen LogP contribution in [0.25, 0.3) is 11.0 Å². The molecule has 2 aromatic rings. The Morgan fingerprint density at radius 3 is 3.27 bits per heavy atom.